The summed E-state index contributed by atoms with van der Waals surface area (Å²) in [5.74, 6) is -1.33. The number of ether oxygens (including phenoxy) is 1. The maximum Gasteiger partial charge on any atom is 0.337 e. The number of aryl methyl sites for hydroxylation is 1. The van der Waals surface area contributed by atoms with Crippen LogP contribution >= 0.6 is 0 Å². The van der Waals surface area contributed by atoms with E-state index < -0.39 is 10.9 Å². The molecule has 2 heterocycles. The smallest absolute Gasteiger partial charge is 0.337 e. The Morgan fingerprint density at radius 1 is 1.35 bits per heavy atom. The van der Waals surface area contributed by atoms with Gasteiger partial charge in [0.2, 0.25) is 0 Å². The van der Waals surface area contributed by atoms with Gasteiger partial charge in [-0.05, 0) is 18.6 Å². The average Bonchev–Trinajstić information content (AvgIpc) is 2.41. The molecule has 0 spiro atoms. The Morgan fingerprint density at radius 3 is 2.75 bits per heavy atom. The fourth-order valence-corrected chi connectivity index (χ4v) is 1.45. The number of rotatable bonds is 4. The lowest BCUT2D eigenvalue weighted by Crippen LogP contribution is -2.00. The van der Waals surface area contributed by atoms with Gasteiger partial charge in [0.05, 0.1) is 16.7 Å². The van der Waals surface area contributed by atoms with Crippen molar-refractivity contribution in [1.82, 2.24) is 9.97 Å². The SMILES string of the molecule is Cc1cnc(Oc2cncc(C(=O)O)c2)c([N+](=O)[O-])c1. The van der Waals surface area contributed by atoms with E-state index in [0.29, 0.717) is 5.56 Å². The summed E-state index contributed by atoms with van der Waals surface area (Å²) in [5.41, 5.74) is 0.226. The molecule has 8 nitrogen and oxygen atoms in total. The van der Waals surface area contributed by atoms with Crippen LogP contribution in [-0.2, 0) is 0 Å². The molecule has 1 N–H and O–H groups in total. The van der Waals surface area contributed by atoms with E-state index in [-0.39, 0.29) is 22.9 Å². The standard InChI is InChI=1S/C12H9N3O5/c1-7-2-10(15(18)19)11(14-4-7)20-9-3-8(12(16)17)5-13-6-9/h2-6H,1H3,(H,16,17). The third-order valence-electron chi connectivity index (χ3n) is 2.34. The van der Waals surface area contributed by atoms with Crippen LogP contribution in [0, 0.1) is 17.0 Å². The van der Waals surface area contributed by atoms with Gasteiger partial charge >= 0.3 is 11.7 Å². The molecule has 0 aliphatic rings. The van der Waals surface area contributed by atoms with Crippen LogP contribution in [0.5, 0.6) is 11.6 Å². The molecule has 0 aliphatic carbocycles. The minimum absolute atomic E-state index is 0.0596. The highest BCUT2D eigenvalue weighted by Crippen LogP contribution is 2.29. The Balaban J connectivity index is 2.37. The molecule has 0 amide bonds. The van der Waals surface area contributed by atoms with Crippen molar-refractivity contribution in [2.75, 3.05) is 0 Å². The van der Waals surface area contributed by atoms with Crippen LogP contribution in [0.2, 0.25) is 0 Å². The summed E-state index contributed by atoms with van der Waals surface area (Å²) in [7, 11) is 0. The van der Waals surface area contributed by atoms with Gasteiger partial charge in [-0.1, -0.05) is 0 Å². The summed E-state index contributed by atoms with van der Waals surface area (Å²) in [6.07, 6.45) is 3.81. The number of nitro groups is 1. The number of pyridine rings is 2. The minimum Gasteiger partial charge on any atom is -0.478 e. The van der Waals surface area contributed by atoms with E-state index in [0.717, 1.165) is 6.20 Å². The van der Waals surface area contributed by atoms with E-state index in [2.05, 4.69) is 9.97 Å². The summed E-state index contributed by atoms with van der Waals surface area (Å²) < 4.78 is 5.24. The van der Waals surface area contributed by atoms with E-state index >= 15 is 0 Å². The maximum atomic E-state index is 10.9. The van der Waals surface area contributed by atoms with Gasteiger partial charge in [0.15, 0.2) is 0 Å². The largest absolute Gasteiger partial charge is 0.478 e. The molecule has 102 valence electrons. The molecule has 0 bridgehead atoms. The third-order valence-corrected chi connectivity index (χ3v) is 2.34. The zero-order chi connectivity index (χ0) is 14.7. The first kappa shape index (κ1) is 13.4. The fraction of sp³-hybridized carbons (Fsp3) is 0.0833. The van der Waals surface area contributed by atoms with Gasteiger partial charge in [-0.2, -0.15) is 0 Å². The number of carboxylic acid groups (broad SMARTS) is 1. The van der Waals surface area contributed by atoms with Crippen molar-refractivity contribution in [3.8, 4) is 11.6 Å². The molecule has 0 aromatic carbocycles. The molecule has 0 unspecified atom stereocenters. The topological polar surface area (TPSA) is 115 Å². The van der Waals surface area contributed by atoms with Crippen molar-refractivity contribution >= 4 is 11.7 Å². The number of aromatic carboxylic acids is 1. The highest BCUT2D eigenvalue weighted by molar-refractivity contribution is 5.87. The molecule has 0 saturated heterocycles. The first-order chi connectivity index (χ1) is 9.47. The predicted molar refractivity (Wildman–Crippen MR) is 66.9 cm³/mol. The molecule has 0 fully saturated rings. The number of aromatic nitrogens is 2. The monoisotopic (exact) mass is 275 g/mol. The van der Waals surface area contributed by atoms with Gasteiger partial charge in [0, 0.05) is 18.5 Å². The number of nitrogens with zero attached hydrogens (tertiary/aromatic N) is 3. The van der Waals surface area contributed by atoms with Crippen LogP contribution in [-0.4, -0.2) is 26.0 Å². The summed E-state index contributed by atoms with van der Waals surface area (Å²) >= 11 is 0. The normalized spacial score (nSPS) is 10.1. The molecule has 0 atom stereocenters. The molecule has 2 rings (SSSR count). The fourth-order valence-electron chi connectivity index (χ4n) is 1.45. The van der Waals surface area contributed by atoms with Crippen LogP contribution < -0.4 is 4.74 Å². The van der Waals surface area contributed by atoms with Gasteiger partial charge in [-0.15, -0.1) is 0 Å². The highest BCUT2D eigenvalue weighted by Gasteiger charge is 2.18. The Kier molecular flexibility index (Phi) is 3.56. The summed E-state index contributed by atoms with van der Waals surface area (Å²) in [5, 5.41) is 19.8. The minimum atomic E-state index is -1.17. The first-order valence-corrected chi connectivity index (χ1v) is 5.44. The second-order valence-electron chi connectivity index (χ2n) is 3.91. The van der Waals surface area contributed by atoms with Crippen LogP contribution in [0.3, 0.4) is 0 Å². The predicted octanol–water partition coefficient (Wildman–Crippen LogP) is 2.18. The number of hydrogen-bond acceptors (Lipinski definition) is 6. The van der Waals surface area contributed by atoms with Crippen molar-refractivity contribution in [2.45, 2.75) is 6.92 Å². The highest BCUT2D eigenvalue weighted by atomic mass is 16.6. The molecule has 0 radical (unpaired) electrons. The summed E-state index contributed by atoms with van der Waals surface area (Å²) in [4.78, 5) is 28.6. The molecule has 0 aliphatic heterocycles. The van der Waals surface area contributed by atoms with E-state index in [1.54, 1.807) is 6.92 Å². The lowest BCUT2D eigenvalue weighted by Gasteiger charge is -2.05. The number of carbonyl (C=O) groups is 1. The van der Waals surface area contributed by atoms with Crippen molar-refractivity contribution in [3.05, 3.63) is 52.0 Å². The molecule has 20 heavy (non-hydrogen) atoms. The molecular formula is C12H9N3O5. The van der Waals surface area contributed by atoms with Crippen molar-refractivity contribution in [3.63, 3.8) is 0 Å². The Bertz CT molecular complexity index is 687. The average molecular weight is 275 g/mol. The Labute approximate surface area is 112 Å². The van der Waals surface area contributed by atoms with E-state index in [1.165, 1.54) is 24.5 Å². The second kappa shape index (κ2) is 5.31. The van der Waals surface area contributed by atoms with Crippen molar-refractivity contribution < 1.29 is 19.6 Å². The third kappa shape index (κ3) is 2.86. The quantitative estimate of drug-likeness (QED) is 0.671. The number of carboxylic acids is 1. The lowest BCUT2D eigenvalue weighted by molar-refractivity contribution is -0.386. The van der Waals surface area contributed by atoms with Gasteiger partial charge in [0.25, 0.3) is 5.88 Å². The van der Waals surface area contributed by atoms with Gasteiger partial charge < -0.3 is 9.84 Å². The first-order valence-electron chi connectivity index (χ1n) is 5.44. The summed E-state index contributed by atoms with van der Waals surface area (Å²) in [6, 6.07) is 2.53. The molecule has 0 saturated carbocycles. The van der Waals surface area contributed by atoms with Crippen LogP contribution in [0.1, 0.15) is 15.9 Å². The van der Waals surface area contributed by atoms with E-state index in [4.69, 9.17) is 9.84 Å². The Hall–Kier alpha value is -3.03. The second-order valence-corrected chi connectivity index (χ2v) is 3.91. The van der Waals surface area contributed by atoms with Crippen molar-refractivity contribution in [1.29, 1.82) is 0 Å². The maximum absolute atomic E-state index is 10.9. The van der Waals surface area contributed by atoms with Crippen molar-refractivity contribution in [2.24, 2.45) is 0 Å². The van der Waals surface area contributed by atoms with Gasteiger partial charge in [0.1, 0.15) is 5.75 Å². The van der Waals surface area contributed by atoms with Gasteiger partial charge in [-0.3, -0.25) is 15.1 Å². The molecule has 8 heteroatoms. The van der Waals surface area contributed by atoms with Crippen LogP contribution in [0.4, 0.5) is 5.69 Å². The van der Waals surface area contributed by atoms with Gasteiger partial charge in [-0.25, -0.2) is 9.78 Å². The van der Waals surface area contributed by atoms with E-state index in [9.17, 15) is 14.9 Å². The van der Waals surface area contributed by atoms with Crippen LogP contribution in [0.15, 0.2) is 30.7 Å². The Morgan fingerprint density at radius 2 is 2.10 bits per heavy atom. The molecule has 2 aromatic heterocycles. The zero-order valence-electron chi connectivity index (χ0n) is 10.3. The number of hydrogen-bond donors (Lipinski definition) is 1. The van der Waals surface area contributed by atoms with E-state index in [1.807, 2.05) is 0 Å². The molecular weight excluding hydrogens is 266 g/mol. The summed E-state index contributed by atoms with van der Waals surface area (Å²) in [6.45, 7) is 1.66. The zero-order valence-corrected chi connectivity index (χ0v) is 10.3. The molecule has 2 aromatic rings. The lowest BCUT2D eigenvalue weighted by atomic mass is 10.3. The van der Waals surface area contributed by atoms with Crippen LogP contribution in [0.25, 0.3) is 0 Å².